The van der Waals surface area contributed by atoms with E-state index in [0.29, 0.717) is 23.6 Å². The molecule has 0 aliphatic heterocycles. The van der Waals surface area contributed by atoms with Crippen LogP contribution in [0, 0.1) is 6.92 Å². The van der Waals surface area contributed by atoms with E-state index in [4.69, 9.17) is 4.42 Å². The highest BCUT2D eigenvalue weighted by atomic mass is 16.3. The third kappa shape index (κ3) is 3.27. The molecule has 0 unspecified atom stereocenters. The standard InChI is InChI=1S/C16H17N5O3/c1-3-5-11-9-14(22)19-16(17-11)21-13(8-10(2)20-21)18-15(23)12-6-4-7-24-12/h4,6-9H,3,5H2,1-2H3,(H,18,23)(H,17,19,22). The van der Waals surface area contributed by atoms with Crippen molar-refractivity contribution in [2.75, 3.05) is 5.32 Å². The van der Waals surface area contributed by atoms with Gasteiger partial charge in [-0.25, -0.2) is 4.98 Å². The number of aromatic amines is 1. The minimum absolute atomic E-state index is 0.182. The predicted octanol–water partition coefficient (Wildman–Crippen LogP) is 2.06. The van der Waals surface area contributed by atoms with E-state index in [9.17, 15) is 9.59 Å². The van der Waals surface area contributed by atoms with Crippen LogP contribution in [0.3, 0.4) is 0 Å². The lowest BCUT2D eigenvalue weighted by molar-refractivity contribution is 0.0996. The predicted molar refractivity (Wildman–Crippen MR) is 87.4 cm³/mol. The third-order valence-electron chi connectivity index (χ3n) is 3.31. The molecule has 1 amide bonds. The lowest BCUT2D eigenvalue weighted by Gasteiger charge is -2.08. The molecule has 24 heavy (non-hydrogen) atoms. The summed E-state index contributed by atoms with van der Waals surface area (Å²) in [7, 11) is 0. The lowest BCUT2D eigenvalue weighted by atomic mass is 10.2. The molecule has 0 radical (unpaired) electrons. The van der Waals surface area contributed by atoms with Crippen LogP contribution in [0.2, 0.25) is 0 Å². The van der Waals surface area contributed by atoms with Crippen LogP contribution in [0.4, 0.5) is 5.82 Å². The van der Waals surface area contributed by atoms with Crippen molar-refractivity contribution >= 4 is 11.7 Å². The number of hydrogen-bond acceptors (Lipinski definition) is 5. The number of H-pyrrole nitrogens is 1. The summed E-state index contributed by atoms with van der Waals surface area (Å²) in [5.74, 6) is 0.425. The number of amides is 1. The summed E-state index contributed by atoms with van der Waals surface area (Å²) in [5.41, 5.74) is 1.08. The summed E-state index contributed by atoms with van der Waals surface area (Å²) in [4.78, 5) is 31.1. The summed E-state index contributed by atoms with van der Waals surface area (Å²) >= 11 is 0. The Morgan fingerprint density at radius 3 is 2.96 bits per heavy atom. The molecule has 0 bridgehead atoms. The fraction of sp³-hybridized carbons (Fsp3) is 0.250. The normalized spacial score (nSPS) is 10.8. The molecule has 8 heteroatoms. The van der Waals surface area contributed by atoms with Crippen LogP contribution in [-0.2, 0) is 6.42 Å². The van der Waals surface area contributed by atoms with Gasteiger partial charge in [-0.2, -0.15) is 9.78 Å². The van der Waals surface area contributed by atoms with Crippen LogP contribution in [0.1, 0.15) is 35.3 Å². The molecule has 0 aromatic carbocycles. The van der Waals surface area contributed by atoms with Crippen molar-refractivity contribution in [1.82, 2.24) is 19.7 Å². The number of rotatable bonds is 5. The number of furan rings is 1. The van der Waals surface area contributed by atoms with Crippen molar-refractivity contribution in [3.8, 4) is 5.95 Å². The molecule has 124 valence electrons. The number of anilines is 1. The number of carbonyl (C=O) groups excluding carboxylic acids is 1. The van der Waals surface area contributed by atoms with Gasteiger partial charge in [0.15, 0.2) is 5.76 Å². The van der Waals surface area contributed by atoms with Gasteiger partial charge >= 0.3 is 0 Å². The smallest absolute Gasteiger partial charge is 0.292 e. The van der Waals surface area contributed by atoms with Gasteiger partial charge in [-0.15, -0.1) is 0 Å². The summed E-state index contributed by atoms with van der Waals surface area (Å²) in [6.45, 7) is 3.79. The zero-order valence-corrected chi connectivity index (χ0v) is 13.4. The number of hydrogen-bond donors (Lipinski definition) is 2. The molecule has 3 aromatic heterocycles. The van der Waals surface area contributed by atoms with Gasteiger partial charge in [0.25, 0.3) is 11.5 Å². The third-order valence-corrected chi connectivity index (χ3v) is 3.31. The van der Waals surface area contributed by atoms with Crippen LogP contribution in [0.25, 0.3) is 5.95 Å². The van der Waals surface area contributed by atoms with Gasteiger partial charge in [-0.05, 0) is 25.5 Å². The Hall–Kier alpha value is -3.16. The molecule has 0 aliphatic rings. The summed E-state index contributed by atoms with van der Waals surface area (Å²) < 4.78 is 6.47. The summed E-state index contributed by atoms with van der Waals surface area (Å²) in [5, 5.41) is 7.01. The van der Waals surface area contributed by atoms with E-state index >= 15 is 0 Å². The zero-order valence-electron chi connectivity index (χ0n) is 13.4. The largest absolute Gasteiger partial charge is 0.459 e. The van der Waals surface area contributed by atoms with E-state index < -0.39 is 5.91 Å². The minimum atomic E-state index is -0.409. The van der Waals surface area contributed by atoms with Crippen LogP contribution >= 0.6 is 0 Å². The molecule has 3 rings (SSSR count). The minimum Gasteiger partial charge on any atom is -0.459 e. The fourth-order valence-electron chi connectivity index (χ4n) is 2.31. The molecule has 0 aliphatic carbocycles. The number of nitrogens with zero attached hydrogens (tertiary/aromatic N) is 3. The number of aromatic nitrogens is 4. The van der Waals surface area contributed by atoms with E-state index in [2.05, 4.69) is 20.4 Å². The molecule has 0 atom stereocenters. The number of nitrogens with one attached hydrogen (secondary N) is 2. The average molecular weight is 327 g/mol. The van der Waals surface area contributed by atoms with Crippen molar-refractivity contribution in [1.29, 1.82) is 0 Å². The van der Waals surface area contributed by atoms with Crippen molar-refractivity contribution in [3.05, 3.63) is 58.0 Å². The Morgan fingerprint density at radius 1 is 1.42 bits per heavy atom. The van der Waals surface area contributed by atoms with E-state index in [0.717, 1.165) is 6.42 Å². The van der Waals surface area contributed by atoms with Crippen LogP contribution < -0.4 is 10.9 Å². The number of carbonyl (C=O) groups is 1. The second-order valence-electron chi connectivity index (χ2n) is 5.32. The van der Waals surface area contributed by atoms with Gasteiger partial charge in [-0.1, -0.05) is 13.3 Å². The molecule has 8 nitrogen and oxygen atoms in total. The van der Waals surface area contributed by atoms with Crippen LogP contribution in [-0.4, -0.2) is 25.7 Å². The molecule has 0 saturated carbocycles. The van der Waals surface area contributed by atoms with E-state index in [1.807, 2.05) is 6.92 Å². The highest BCUT2D eigenvalue weighted by Gasteiger charge is 2.15. The number of aryl methyl sites for hydroxylation is 2. The Kier molecular flexibility index (Phi) is 4.28. The second kappa shape index (κ2) is 6.53. The molecule has 0 fully saturated rings. The first-order valence-corrected chi connectivity index (χ1v) is 7.59. The highest BCUT2D eigenvalue weighted by molar-refractivity contribution is 6.01. The van der Waals surface area contributed by atoms with Gasteiger partial charge < -0.3 is 9.73 Å². The van der Waals surface area contributed by atoms with Gasteiger partial charge in [0.2, 0.25) is 5.95 Å². The highest BCUT2D eigenvalue weighted by Crippen LogP contribution is 2.15. The molecular weight excluding hydrogens is 310 g/mol. The molecule has 3 heterocycles. The van der Waals surface area contributed by atoms with Gasteiger partial charge in [0.05, 0.1) is 12.0 Å². The summed E-state index contributed by atoms with van der Waals surface area (Å²) in [6.07, 6.45) is 2.98. The molecule has 0 saturated heterocycles. The zero-order chi connectivity index (χ0) is 17.1. The maximum Gasteiger partial charge on any atom is 0.292 e. The summed E-state index contributed by atoms with van der Waals surface area (Å²) in [6, 6.07) is 6.34. The maximum atomic E-state index is 12.2. The lowest BCUT2D eigenvalue weighted by Crippen LogP contribution is -2.19. The van der Waals surface area contributed by atoms with Crippen molar-refractivity contribution < 1.29 is 9.21 Å². The monoisotopic (exact) mass is 327 g/mol. The van der Waals surface area contributed by atoms with Crippen molar-refractivity contribution in [2.45, 2.75) is 26.7 Å². The van der Waals surface area contributed by atoms with Gasteiger partial charge in [0, 0.05) is 17.8 Å². The van der Waals surface area contributed by atoms with Crippen molar-refractivity contribution in [3.63, 3.8) is 0 Å². The van der Waals surface area contributed by atoms with E-state index in [1.54, 1.807) is 25.1 Å². The van der Waals surface area contributed by atoms with Gasteiger partial charge in [0.1, 0.15) is 5.82 Å². The van der Waals surface area contributed by atoms with Crippen LogP contribution in [0.15, 0.2) is 39.7 Å². The van der Waals surface area contributed by atoms with Gasteiger partial charge in [-0.3, -0.25) is 14.6 Å². The average Bonchev–Trinajstić information content (AvgIpc) is 3.17. The molecule has 3 aromatic rings. The Bertz CT molecular complexity index is 908. The maximum absolute atomic E-state index is 12.2. The second-order valence-corrected chi connectivity index (χ2v) is 5.32. The molecule has 2 N–H and O–H groups in total. The fourth-order valence-corrected chi connectivity index (χ4v) is 2.31. The first-order valence-electron chi connectivity index (χ1n) is 7.59. The van der Waals surface area contributed by atoms with E-state index in [-0.39, 0.29) is 17.3 Å². The van der Waals surface area contributed by atoms with Crippen molar-refractivity contribution in [2.24, 2.45) is 0 Å². The first-order chi connectivity index (χ1) is 11.6. The Balaban J connectivity index is 1.97. The Morgan fingerprint density at radius 2 is 2.25 bits per heavy atom. The SMILES string of the molecule is CCCc1cc(=O)[nH]c(-n2nc(C)cc2NC(=O)c2ccco2)n1. The van der Waals surface area contributed by atoms with E-state index in [1.165, 1.54) is 17.0 Å². The Labute approximate surface area is 137 Å². The van der Waals surface area contributed by atoms with Crippen LogP contribution in [0.5, 0.6) is 0 Å². The topological polar surface area (TPSA) is 106 Å². The molecule has 0 spiro atoms. The quantitative estimate of drug-likeness (QED) is 0.746. The molecular formula is C16H17N5O3. The first kappa shape index (κ1) is 15.7.